The quantitative estimate of drug-likeness (QED) is 0.837. The van der Waals surface area contributed by atoms with Crippen molar-refractivity contribution in [1.29, 1.82) is 0 Å². The molecule has 120 valence electrons. The molecule has 0 aliphatic carbocycles. The van der Waals surface area contributed by atoms with Gasteiger partial charge in [0.15, 0.2) is 0 Å². The summed E-state index contributed by atoms with van der Waals surface area (Å²) < 4.78 is 0.678. The lowest BCUT2D eigenvalue weighted by Gasteiger charge is -2.30. The Balaban J connectivity index is 1.71. The van der Waals surface area contributed by atoms with Crippen molar-refractivity contribution in [2.45, 2.75) is 12.8 Å². The lowest BCUT2D eigenvalue weighted by atomic mass is 9.97. The number of carbonyl (C=O) groups is 2. The van der Waals surface area contributed by atoms with Crippen LogP contribution in [-0.4, -0.2) is 45.1 Å². The zero-order chi connectivity index (χ0) is 16.4. The molecule has 1 aliphatic heterocycles. The van der Waals surface area contributed by atoms with Crippen molar-refractivity contribution in [3.8, 4) is 0 Å². The molecule has 0 bridgehead atoms. The van der Waals surface area contributed by atoms with E-state index in [1.807, 2.05) is 0 Å². The number of urea groups is 1. The highest BCUT2D eigenvalue weighted by atomic mass is 79.9. The molecule has 1 aromatic carbocycles. The molecule has 1 aliphatic rings. The van der Waals surface area contributed by atoms with Crippen LogP contribution in [0.1, 0.15) is 12.8 Å². The maximum atomic E-state index is 12.3. The predicted octanol–water partition coefficient (Wildman–Crippen LogP) is 2.72. The number of fused-ring (bicyclic) bond motifs is 1. The summed E-state index contributed by atoms with van der Waals surface area (Å²) in [6.07, 6.45) is 4.16. The number of hydrogen-bond acceptors (Lipinski definition) is 4. The molecule has 8 heteroatoms. The fraction of sp³-hybridized carbons (Fsp3) is 0.333. The molecule has 1 aromatic heterocycles. The van der Waals surface area contributed by atoms with Gasteiger partial charge in [0, 0.05) is 25.5 Å². The highest BCUT2D eigenvalue weighted by Crippen LogP contribution is 2.29. The third-order valence-electron chi connectivity index (χ3n) is 3.95. The molecule has 0 atom stereocenters. The van der Waals surface area contributed by atoms with E-state index in [4.69, 9.17) is 5.11 Å². The molecule has 2 N–H and O–H groups in total. The Morgan fingerprint density at radius 1 is 1.22 bits per heavy atom. The van der Waals surface area contributed by atoms with Gasteiger partial charge >= 0.3 is 12.0 Å². The molecular formula is C15H15BrN4O3. The zero-order valence-electron chi connectivity index (χ0n) is 12.2. The minimum absolute atomic E-state index is 0.238. The number of aliphatic carboxylic acids is 1. The number of hydrogen-bond donors (Lipinski definition) is 2. The van der Waals surface area contributed by atoms with Crippen LogP contribution < -0.4 is 5.32 Å². The molecule has 7 nitrogen and oxygen atoms in total. The molecule has 0 saturated carbocycles. The van der Waals surface area contributed by atoms with Crippen LogP contribution in [-0.2, 0) is 4.79 Å². The van der Waals surface area contributed by atoms with Crippen molar-refractivity contribution >= 4 is 44.7 Å². The second-order valence-electron chi connectivity index (χ2n) is 5.38. The largest absolute Gasteiger partial charge is 0.481 e. The van der Waals surface area contributed by atoms with Gasteiger partial charge in [0.1, 0.15) is 5.52 Å². The molecule has 0 spiro atoms. The first-order chi connectivity index (χ1) is 11.1. The molecule has 2 heterocycles. The van der Waals surface area contributed by atoms with Crippen LogP contribution in [0.5, 0.6) is 0 Å². The molecule has 2 amide bonds. The van der Waals surface area contributed by atoms with Crippen LogP contribution in [0, 0.1) is 5.92 Å². The van der Waals surface area contributed by atoms with Gasteiger partial charge in [-0.15, -0.1) is 0 Å². The maximum absolute atomic E-state index is 12.3. The highest BCUT2D eigenvalue weighted by Gasteiger charge is 2.27. The number of carboxylic acid groups (broad SMARTS) is 1. The fourth-order valence-electron chi connectivity index (χ4n) is 2.62. The molecule has 1 fully saturated rings. The predicted molar refractivity (Wildman–Crippen MR) is 88.2 cm³/mol. The van der Waals surface area contributed by atoms with Gasteiger partial charge < -0.3 is 15.3 Å². The average Bonchev–Trinajstić information content (AvgIpc) is 2.57. The minimum Gasteiger partial charge on any atom is -0.481 e. The average molecular weight is 379 g/mol. The minimum atomic E-state index is -0.791. The molecular weight excluding hydrogens is 364 g/mol. The van der Waals surface area contributed by atoms with Gasteiger partial charge in [-0.1, -0.05) is 0 Å². The topological polar surface area (TPSA) is 95.4 Å². The number of piperidine rings is 1. The van der Waals surface area contributed by atoms with Gasteiger partial charge in [0.2, 0.25) is 0 Å². The Bertz CT molecular complexity index is 759. The Kier molecular flexibility index (Phi) is 4.42. The van der Waals surface area contributed by atoms with E-state index in [-0.39, 0.29) is 11.9 Å². The van der Waals surface area contributed by atoms with Crippen LogP contribution in [0.2, 0.25) is 0 Å². The molecule has 0 unspecified atom stereocenters. The monoisotopic (exact) mass is 378 g/mol. The van der Waals surface area contributed by atoms with E-state index in [2.05, 4.69) is 31.2 Å². The molecule has 0 radical (unpaired) electrons. The Morgan fingerprint density at radius 2 is 1.91 bits per heavy atom. The summed E-state index contributed by atoms with van der Waals surface area (Å²) >= 11 is 3.45. The number of carbonyl (C=O) groups excluding carboxylic acids is 1. The summed E-state index contributed by atoms with van der Waals surface area (Å²) in [7, 11) is 0. The Morgan fingerprint density at radius 3 is 2.61 bits per heavy atom. The van der Waals surface area contributed by atoms with Gasteiger partial charge in [-0.05, 0) is 40.9 Å². The third kappa shape index (κ3) is 3.26. The molecule has 1 saturated heterocycles. The summed E-state index contributed by atoms with van der Waals surface area (Å²) in [4.78, 5) is 33.4. The summed E-state index contributed by atoms with van der Waals surface area (Å²) in [6.45, 7) is 0.877. The molecule has 2 aromatic rings. The van der Waals surface area contributed by atoms with Crippen molar-refractivity contribution in [3.05, 3.63) is 29.0 Å². The van der Waals surface area contributed by atoms with E-state index in [0.29, 0.717) is 41.6 Å². The SMILES string of the molecule is O=C(O)C1CCN(C(=O)Nc2ccc3nccnc3c2Br)CC1. The third-order valence-corrected chi connectivity index (χ3v) is 4.75. The van der Waals surface area contributed by atoms with Gasteiger partial charge in [-0.2, -0.15) is 0 Å². The number of amides is 2. The Hall–Kier alpha value is -2.22. The first-order valence-corrected chi connectivity index (χ1v) is 8.03. The second kappa shape index (κ2) is 6.49. The van der Waals surface area contributed by atoms with Gasteiger partial charge in [0.05, 0.1) is 21.6 Å². The number of nitrogens with zero attached hydrogens (tertiary/aromatic N) is 3. The number of halogens is 1. The lowest BCUT2D eigenvalue weighted by Crippen LogP contribution is -2.42. The first-order valence-electron chi connectivity index (χ1n) is 7.24. The standard InChI is InChI=1S/C15H15BrN4O3/c16-12-10(1-2-11-13(12)18-6-5-17-11)19-15(23)20-7-3-9(4-8-20)14(21)22/h1-2,5-6,9H,3-4,7-8H2,(H,19,23)(H,21,22). The maximum Gasteiger partial charge on any atom is 0.321 e. The van der Waals surface area contributed by atoms with E-state index >= 15 is 0 Å². The number of carboxylic acids is 1. The van der Waals surface area contributed by atoms with Crippen LogP contribution in [0.4, 0.5) is 10.5 Å². The molecule has 23 heavy (non-hydrogen) atoms. The number of nitrogens with one attached hydrogen (secondary N) is 1. The van der Waals surface area contributed by atoms with E-state index < -0.39 is 5.97 Å². The number of anilines is 1. The normalized spacial score (nSPS) is 15.6. The second-order valence-corrected chi connectivity index (χ2v) is 6.17. The summed E-state index contributed by atoms with van der Waals surface area (Å²) in [5.41, 5.74) is 2.03. The number of benzene rings is 1. The van der Waals surface area contributed by atoms with Crippen LogP contribution in [0.25, 0.3) is 11.0 Å². The smallest absolute Gasteiger partial charge is 0.321 e. The van der Waals surface area contributed by atoms with E-state index in [9.17, 15) is 9.59 Å². The van der Waals surface area contributed by atoms with Crippen molar-refractivity contribution in [2.75, 3.05) is 18.4 Å². The van der Waals surface area contributed by atoms with Gasteiger partial charge in [0.25, 0.3) is 0 Å². The van der Waals surface area contributed by atoms with Gasteiger partial charge in [-0.25, -0.2) is 4.79 Å². The fourth-order valence-corrected chi connectivity index (χ4v) is 3.16. The number of likely N-dealkylation sites (tertiary alicyclic amines) is 1. The zero-order valence-corrected chi connectivity index (χ0v) is 13.8. The Labute approximate surface area is 140 Å². The summed E-state index contributed by atoms with van der Waals surface area (Å²) in [6, 6.07) is 3.32. The van der Waals surface area contributed by atoms with Gasteiger partial charge in [-0.3, -0.25) is 14.8 Å². The number of rotatable bonds is 2. The first kappa shape index (κ1) is 15.7. The highest BCUT2D eigenvalue weighted by molar-refractivity contribution is 9.10. The van der Waals surface area contributed by atoms with E-state index in [1.54, 1.807) is 29.4 Å². The summed E-state index contributed by atoms with van der Waals surface area (Å²) in [5, 5.41) is 11.8. The van der Waals surface area contributed by atoms with Crippen LogP contribution in [0.3, 0.4) is 0 Å². The number of aromatic nitrogens is 2. The lowest BCUT2D eigenvalue weighted by molar-refractivity contribution is -0.143. The molecule has 3 rings (SSSR count). The van der Waals surface area contributed by atoms with Crippen molar-refractivity contribution in [3.63, 3.8) is 0 Å². The van der Waals surface area contributed by atoms with Crippen LogP contribution >= 0.6 is 15.9 Å². The van der Waals surface area contributed by atoms with Crippen LogP contribution in [0.15, 0.2) is 29.0 Å². The van der Waals surface area contributed by atoms with E-state index in [1.165, 1.54) is 0 Å². The summed E-state index contributed by atoms with van der Waals surface area (Å²) in [5.74, 6) is -1.15. The van der Waals surface area contributed by atoms with Crippen molar-refractivity contribution in [1.82, 2.24) is 14.9 Å². The van der Waals surface area contributed by atoms with Crippen molar-refractivity contribution in [2.24, 2.45) is 5.92 Å². The van der Waals surface area contributed by atoms with E-state index in [0.717, 1.165) is 5.52 Å². The van der Waals surface area contributed by atoms with Crippen molar-refractivity contribution < 1.29 is 14.7 Å².